The van der Waals surface area contributed by atoms with E-state index in [1.807, 2.05) is 24.3 Å². The second-order valence-corrected chi connectivity index (χ2v) is 5.32. The molecule has 1 heterocycles. The van der Waals surface area contributed by atoms with Crippen LogP contribution in [0.25, 0.3) is 10.1 Å². The summed E-state index contributed by atoms with van der Waals surface area (Å²) in [6, 6.07) is 7.31. The van der Waals surface area contributed by atoms with E-state index in [0.29, 0.717) is 10.6 Å². The predicted molar refractivity (Wildman–Crippen MR) is 75.4 cm³/mol. The van der Waals surface area contributed by atoms with Gasteiger partial charge < -0.3 is 15.8 Å². The number of alkyl halides is 3. The normalized spacial score (nSPS) is 11.8. The fourth-order valence-corrected chi connectivity index (χ4v) is 2.78. The van der Waals surface area contributed by atoms with Crippen molar-refractivity contribution in [2.45, 2.75) is 6.18 Å². The molecular weight excluding hydrogens is 305 g/mol. The first-order valence-electron chi connectivity index (χ1n) is 6.08. The molecule has 0 atom stereocenters. The first-order chi connectivity index (χ1) is 9.88. The fourth-order valence-electron chi connectivity index (χ4n) is 1.74. The van der Waals surface area contributed by atoms with Crippen LogP contribution < -0.4 is 11.1 Å². The molecule has 1 aromatic heterocycles. The van der Waals surface area contributed by atoms with Crippen molar-refractivity contribution in [3.63, 3.8) is 0 Å². The Hall–Kier alpha value is -1.80. The average molecular weight is 318 g/mol. The van der Waals surface area contributed by atoms with Gasteiger partial charge in [0.1, 0.15) is 11.5 Å². The molecule has 0 fully saturated rings. The molecule has 0 aliphatic carbocycles. The van der Waals surface area contributed by atoms with Gasteiger partial charge in [0.25, 0.3) is 5.91 Å². The van der Waals surface area contributed by atoms with Crippen molar-refractivity contribution in [3.8, 4) is 0 Å². The number of benzene rings is 1. The highest BCUT2D eigenvalue weighted by Gasteiger charge is 2.27. The number of nitrogen functional groups attached to an aromatic ring is 1. The highest BCUT2D eigenvalue weighted by molar-refractivity contribution is 7.21. The van der Waals surface area contributed by atoms with E-state index < -0.39 is 18.7 Å². The summed E-state index contributed by atoms with van der Waals surface area (Å²) in [5.74, 6) is -0.413. The quantitative estimate of drug-likeness (QED) is 0.833. The molecule has 1 aromatic carbocycles. The minimum atomic E-state index is -4.36. The Morgan fingerprint density at radius 3 is 2.71 bits per heavy atom. The lowest BCUT2D eigenvalue weighted by molar-refractivity contribution is -0.173. The first-order valence-corrected chi connectivity index (χ1v) is 6.90. The molecule has 8 heteroatoms. The second-order valence-electron chi connectivity index (χ2n) is 4.26. The van der Waals surface area contributed by atoms with Crippen molar-refractivity contribution >= 4 is 33.0 Å². The summed E-state index contributed by atoms with van der Waals surface area (Å²) >= 11 is 1.24. The number of thiophene rings is 1. The van der Waals surface area contributed by atoms with Crippen LogP contribution in [0.15, 0.2) is 24.3 Å². The van der Waals surface area contributed by atoms with Gasteiger partial charge in [0.2, 0.25) is 0 Å². The Bertz CT molecular complexity index is 640. The van der Waals surface area contributed by atoms with Gasteiger partial charge in [-0.15, -0.1) is 11.3 Å². The largest absolute Gasteiger partial charge is 0.411 e. The number of ether oxygens (including phenoxy) is 1. The topological polar surface area (TPSA) is 64.4 Å². The maximum absolute atomic E-state index is 11.9. The van der Waals surface area contributed by atoms with Gasteiger partial charge in [0.05, 0.1) is 12.3 Å². The third-order valence-electron chi connectivity index (χ3n) is 2.64. The van der Waals surface area contributed by atoms with Crippen LogP contribution >= 0.6 is 11.3 Å². The van der Waals surface area contributed by atoms with Crippen molar-refractivity contribution in [1.29, 1.82) is 0 Å². The Morgan fingerprint density at radius 2 is 2.05 bits per heavy atom. The zero-order valence-electron chi connectivity index (χ0n) is 10.9. The van der Waals surface area contributed by atoms with Crippen LogP contribution in [0, 0.1) is 0 Å². The summed E-state index contributed by atoms with van der Waals surface area (Å²) in [6.45, 7) is -1.55. The third-order valence-corrected chi connectivity index (χ3v) is 3.82. The van der Waals surface area contributed by atoms with E-state index in [1.165, 1.54) is 11.3 Å². The number of halogens is 3. The van der Waals surface area contributed by atoms with Gasteiger partial charge in [-0.1, -0.05) is 18.2 Å². The van der Waals surface area contributed by atoms with Crippen molar-refractivity contribution < 1.29 is 22.7 Å². The molecular formula is C13H13F3N2O2S. The van der Waals surface area contributed by atoms with Crippen LogP contribution in [0.5, 0.6) is 0 Å². The monoisotopic (exact) mass is 318 g/mol. The van der Waals surface area contributed by atoms with Gasteiger partial charge in [-0.25, -0.2) is 0 Å². The Morgan fingerprint density at radius 1 is 1.33 bits per heavy atom. The fraction of sp³-hybridized carbons (Fsp3) is 0.308. The van der Waals surface area contributed by atoms with Crippen molar-refractivity contribution in [2.24, 2.45) is 0 Å². The number of hydrogen-bond acceptors (Lipinski definition) is 4. The van der Waals surface area contributed by atoms with Gasteiger partial charge in [0, 0.05) is 16.6 Å². The van der Waals surface area contributed by atoms with Gasteiger partial charge in [-0.3, -0.25) is 4.79 Å². The zero-order valence-corrected chi connectivity index (χ0v) is 11.7. The molecule has 114 valence electrons. The summed E-state index contributed by atoms with van der Waals surface area (Å²) in [5, 5.41) is 3.28. The van der Waals surface area contributed by atoms with E-state index in [2.05, 4.69) is 10.1 Å². The molecule has 0 aliphatic rings. The first kappa shape index (κ1) is 15.6. The minimum Gasteiger partial charge on any atom is -0.397 e. The standard InChI is InChI=1S/C13H13F3N2O2S/c14-13(15,16)7-20-6-5-18-12(19)11-10(17)8-3-1-2-4-9(8)21-11/h1-4H,5-7,17H2,(H,18,19). The lowest BCUT2D eigenvalue weighted by Gasteiger charge is -2.08. The van der Waals surface area contributed by atoms with E-state index in [-0.39, 0.29) is 13.2 Å². The Kier molecular flexibility index (Phi) is 4.69. The maximum Gasteiger partial charge on any atom is 0.411 e. The molecule has 0 unspecified atom stereocenters. The molecule has 4 nitrogen and oxygen atoms in total. The van der Waals surface area contributed by atoms with E-state index in [9.17, 15) is 18.0 Å². The van der Waals surface area contributed by atoms with Crippen LogP contribution in [0.4, 0.5) is 18.9 Å². The lowest BCUT2D eigenvalue weighted by atomic mass is 10.2. The van der Waals surface area contributed by atoms with Gasteiger partial charge in [0.15, 0.2) is 0 Å². The molecule has 1 amide bonds. The van der Waals surface area contributed by atoms with E-state index in [4.69, 9.17) is 5.73 Å². The number of carbonyl (C=O) groups is 1. The molecule has 0 saturated heterocycles. The molecule has 0 saturated carbocycles. The van der Waals surface area contributed by atoms with E-state index in [0.717, 1.165) is 10.1 Å². The number of carbonyl (C=O) groups excluding carboxylic acids is 1. The molecule has 0 radical (unpaired) electrons. The molecule has 2 aromatic rings. The Balaban J connectivity index is 1.89. The maximum atomic E-state index is 11.9. The number of anilines is 1. The summed E-state index contributed by atoms with van der Waals surface area (Å²) in [4.78, 5) is 12.3. The molecule has 2 rings (SSSR count). The minimum absolute atomic E-state index is 0.0113. The molecule has 21 heavy (non-hydrogen) atoms. The number of nitrogens with two attached hydrogens (primary N) is 1. The number of rotatable bonds is 5. The molecule has 0 aliphatic heterocycles. The van der Waals surface area contributed by atoms with E-state index >= 15 is 0 Å². The van der Waals surface area contributed by atoms with Crippen LogP contribution in [0.2, 0.25) is 0 Å². The van der Waals surface area contributed by atoms with Gasteiger partial charge in [-0.05, 0) is 6.07 Å². The van der Waals surface area contributed by atoms with Crippen LogP contribution in [0.3, 0.4) is 0 Å². The molecule has 0 bridgehead atoms. The number of fused-ring (bicyclic) bond motifs is 1. The van der Waals surface area contributed by atoms with E-state index in [1.54, 1.807) is 0 Å². The van der Waals surface area contributed by atoms with Crippen LogP contribution in [0.1, 0.15) is 9.67 Å². The van der Waals surface area contributed by atoms with Crippen molar-refractivity contribution in [2.75, 3.05) is 25.5 Å². The smallest absolute Gasteiger partial charge is 0.397 e. The third kappa shape index (κ3) is 4.08. The van der Waals surface area contributed by atoms with Gasteiger partial charge in [-0.2, -0.15) is 13.2 Å². The lowest BCUT2D eigenvalue weighted by Crippen LogP contribution is -2.28. The average Bonchev–Trinajstić information content (AvgIpc) is 2.75. The summed E-state index contributed by atoms with van der Waals surface area (Å²) in [5.41, 5.74) is 6.28. The zero-order chi connectivity index (χ0) is 15.5. The molecule has 3 N–H and O–H groups in total. The van der Waals surface area contributed by atoms with Crippen molar-refractivity contribution in [3.05, 3.63) is 29.1 Å². The number of amides is 1. The van der Waals surface area contributed by atoms with Crippen LogP contribution in [-0.2, 0) is 4.74 Å². The number of nitrogens with one attached hydrogen (secondary N) is 1. The van der Waals surface area contributed by atoms with Crippen LogP contribution in [-0.4, -0.2) is 31.8 Å². The SMILES string of the molecule is Nc1c(C(=O)NCCOCC(F)(F)F)sc2ccccc12. The predicted octanol–water partition coefficient (Wildman–Crippen LogP) is 2.79. The summed E-state index contributed by atoms with van der Waals surface area (Å²) in [7, 11) is 0. The summed E-state index contributed by atoms with van der Waals surface area (Å²) < 4.78 is 40.8. The second kappa shape index (κ2) is 6.31. The highest BCUT2D eigenvalue weighted by Crippen LogP contribution is 2.33. The summed E-state index contributed by atoms with van der Waals surface area (Å²) in [6.07, 6.45) is -4.36. The highest BCUT2D eigenvalue weighted by atomic mass is 32.1. The Labute approximate surface area is 122 Å². The molecule has 0 spiro atoms. The van der Waals surface area contributed by atoms with Gasteiger partial charge >= 0.3 is 6.18 Å². The number of hydrogen-bond donors (Lipinski definition) is 2. The van der Waals surface area contributed by atoms with Crippen molar-refractivity contribution in [1.82, 2.24) is 5.32 Å².